The van der Waals surface area contributed by atoms with E-state index in [-0.39, 0.29) is 0 Å². The lowest BCUT2D eigenvalue weighted by atomic mass is 10.1. The summed E-state index contributed by atoms with van der Waals surface area (Å²) >= 11 is 0. The van der Waals surface area contributed by atoms with Crippen molar-refractivity contribution in [2.75, 3.05) is 6.54 Å². The molecule has 0 aromatic rings. The minimum atomic E-state index is 0.296. The first-order valence-corrected chi connectivity index (χ1v) is 4.44. The Morgan fingerprint density at radius 3 is 3.25 bits per heavy atom. The van der Waals surface area contributed by atoms with Gasteiger partial charge in [0, 0.05) is 13.0 Å². The molecule has 2 heterocycles. The van der Waals surface area contributed by atoms with E-state index in [0.29, 0.717) is 18.4 Å². The minimum absolute atomic E-state index is 0.296. The highest BCUT2D eigenvalue weighted by molar-refractivity contribution is 5.79. The second kappa shape index (κ2) is 2.77. The summed E-state index contributed by atoms with van der Waals surface area (Å²) in [6.45, 7) is 4.84. The van der Waals surface area contributed by atoms with Crippen molar-refractivity contribution in [1.29, 1.82) is 0 Å². The Morgan fingerprint density at radius 2 is 2.42 bits per heavy atom. The van der Waals surface area contributed by atoms with E-state index in [1.54, 1.807) is 0 Å². The highest BCUT2D eigenvalue weighted by Crippen LogP contribution is 2.26. The van der Waals surface area contributed by atoms with Crippen LogP contribution in [0.25, 0.3) is 0 Å². The van der Waals surface area contributed by atoms with Gasteiger partial charge in [-0.15, -0.1) is 0 Å². The standard InChI is InChI=1S/C10H13NO/c1-8-4-2-3-7-11-9(8)5-6-10(11)12/h2,4,9H,1,3,5-7H2. The summed E-state index contributed by atoms with van der Waals surface area (Å²) in [4.78, 5) is 13.3. The largest absolute Gasteiger partial charge is 0.335 e. The van der Waals surface area contributed by atoms with Crippen LogP contribution in [0.5, 0.6) is 0 Å². The number of hydrogen-bond acceptors (Lipinski definition) is 1. The van der Waals surface area contributed by atoms with Gasteiger partial charge in [-0.25, -0.2) is 0 Å². The molecule has 2 heteroatoms. The maximum Gasteiger partial charge on any atom is 0.223 e. The Balaban J connectivity index is 2.24. The molecule has 2 nitrogen and oxygen atoms in total. The van der Waals surface area contributed by atoms with E-state index in [9.17, 15) is 4.79 Å². The number of amides is 1. The molecule has 0 radical (unpaired) electrons. The predicted molar refractivity (Wildman–Crippen MR) is 47.6 cm³/mol. The van der Waals surface area contributed by atoms with E-state index in [4.69, 9.17) is 0 Å². The molecular formula is C10H13NO. The van der Waals surface area contributed by atoms with Gasteiger partial charge in [-0.1, -0.05) is 18.7 Å². The number of carbonyl (C=O) groups excluding carboxylic acids is 1. The molecule has 1 atom stereocenters. The summed E-state index contributed by atoms with van der Waals surface area (Å²) in [6, 6.07) is 0.302. The van der Waals surface area contributed by atoms with Gasteiger partial charge >= 0.3 is 0 Å². The zero-order valence-corrected chi connectivity index (χ0v) is 7.12. The molecule has 0 N–H and O–H groups in total. The van der Waals surface area contributed by atoms with Crippen LogP contribution in [0.2, 0.25) is 0 Å². The van der Waals surface area contributed by atoms with Gasteiger partial charge in [0.25, 0.3) is 0 Å². The second-order valence-corrected chi connectivity index (χ2v) is 3.41. The number of fused-ring (bicyclic) bond motifs is 1. The summed E-state index contributed by atoms with van der Waals surface area (Å²) in [7, 11) is 0. The van der Waals surface area contributed by atoms with Crippen LogP contribution in [0.15, 0.2) is 24.3 Å². The third-order valence-electron chi connectivity index (χ3n) is 2.62. The molecule has 1 amide bonds. The van der Waals surface area contributed by atoms with E-state index >= 15 is 0 Å². The molecule has 2 aliphatic heterocycles. The van der Waals surface area contributed by atoms with Crippen molar-refractivity contribution in [2.24, 2.45) is 0 Å². The van der Waals surface area contributed by atoms with Gasteiger partial charge in [-0.3, -0.25) is 4.79 Å². The number of carbonyl (C=O) groups is 1. The maximum absolute atomic E-state index is 11.4. The predicted octanol–water partition coefficient (Wildman–Crippen LogP) is 1.49. The summed E-state index contributed by atoms with van der Waals surface area (Å²) < 4.78 is 0. The van der Waals surface area contributed by atoms with E-state index in [1.807, 2.05) is 4.90 Å². The molecule has 1 fully saturated rings. The highest BCUT2D eigenvalue weighted by atomic mass is 16.2. The van der Waals surface area contributed by atoms with Gasteiger partial charge in [-0.05, 0) is 18.4 Å². The molecule has 1 saturated heterocycles. The Hall–Kier alpha value is -1.05. The monoisotopic (exact) mass is 163 g/mol. The van der Waals surface area contributed by atoms with Crippen LogP contribution in [0.4, 0.5) is 0 Å². The van der Waals surface area contributed by atoms with E-state index in [1.165, 1.54) is 0 Å². The first-order valence-electron chi connectivity index (χ1n) is 4.44. The molecule has 0 aromatic carbocycles. The van der Waals surface area contributed by atoms with Gasteiger partial charge in [0.15, 0.2) is 0 Å². The van der Waals surface area contributed by atoms with Crippen LogP contribution in [0.1, 0.15) is 19.3 Å². The topological polar surface area (TPSA) is 20.3 Å². The molecule has 0 saturated carbocycles. The molecular weight excluding hydrogens is 150 g/mol. The lowest BCUT2D eigenvalue weighted by Crippen LogP contribution is -2.33. The van der Waals surface area contributed by atoms with Gasteiger partial charge in [0.05, 0.1) is 6.04 Å². The van der Waals surface area contributed by atoms with E-state index in [0.717, 1.165) is 25.0 Å². The fourth-order valence-electron chi connectivity index (χ4n) is 1.96. The summed E-state index contributed by atoms with van der Waals surface area (Å²) in [5.41, 5.74) is 1.10. The molecule has 1 unspecified atom stereocenters. The number of rotatable bonds is 0. The van der Waals surface area contributed by atoms with Crippen LogP contribution in [0, 0.1) is 0 Å². The van der Waals surface area contributed by atoms with Crippen molar-refractivity contribution < 1.29 is 4.79 Å². The molecule has 64 valence electrons. The van der Waals surface area contributed by atoms with Gasteiger partial charge < -0.3 is 4.90 Å². The van der Waals surface area contributed by atoms with Crippen LogP contribution in [-0.4, -0.2) is 23.4 Å². The first-order chi connectivity index (χ1) is 5.79. The van der Waals surface area contributed by atoms with Crippen molar-refractivity contribution >= 4 is 5.91 Å². The molecule has 0 aromatic heterocycles. The number of hydrogen-bond donors (Lipinski definition) is 0. The second-order valence-electron chi connectivity index (χ2n) is 3.41. The minimum Gasteiger partial charge on any atom is -0.335 e. The average Bonchev–Trinajstić information content (AvgIpc) is 2.30. The third kappa shape index (κ3) is 1.07. The molecule has 0 aliphatic carbocycles. The van der Waals surface area contributed by atoms with Gasteiger partial charge in [0.2, 0.25) is 5.91 Å². The third-order valence-corrected chi connectivity index (χ3v) is 2.62. The highest BCUT2D eigenvalue weighted by Gasteiger charge is 2.31. The zero-order valence-electron chi connectivity index (χ0n) is 7.12. The normalized spacial score (nSPS) is 29.0. The van der Waals surface area contributed by atoms with Crippen molar-refractivity contribution in [1.82, 2.24) is 4.90 Å². The lowest BCUT2D eigenvalue weighted by molar-refractivity contribution is -0.128. The molecule has 12 heavy (non-hydrogen) atoms. The van der Waals surface area contributed by atoms with Crippen molar-refractivity contribution in [2.45, 2.75) is 25.3 Å². The van der Waals surface area contributed by atoms with E-state index in [2.05, 4.69) is 18.7 Å². The van der Waals surface area contributed by atoms with Gasteiger partial charge in [-0.2, -0.15) is 0 Å². The van der Waals surface area contributed by atoms with Crippen LogP contribution < -0.4 is 0 Å². The Bertz CT molecular complexity index is 255. The fraction of sp³-hybridized carbons (Fsp3) is 0.500. The van der Waals surface area contributed by atoms with E-state index < -0.39 is 0 Å². The van der Waals surface area contributed by atoms with Crippen LogP contribution in [-0.2, 0) is 4.79 Å². The first kappa shape index (κ1) is 7.59. The van der Waals surface area contributed by atoms with Crippen molar-refractivity contribution in [3.8, 4) is 0 Å². The Kier molecular flexibility index (Phi) is 1.75. The van der Waals surface area contributed by atoms with Crippen molar-refractivity contribution in [3.05, 3.63) is 24.3 Å². The maximum atomic E-state index is 11.4. The molecule has 0 bridgehead atoms. The van der Waals surface area contributed by atoms with Crippen LogP contribution in [0.3, 0.4) is 0 Å². The summed E-state index contributed by atoms with van der Waals surface area (Å²) in [6.07, 6.45) is 6.80. The quantitative estimate of drug-likeness (QED) is 0.530. The number of nitrogens with zero attached hydrogens (tertiary/aromatic N) is 1. The molecule has 2 aliphatic rings. The summed E-state index contributed by atoms with van der Waals surface area (Å²) in [5, 5.41) is 0. The average molecular weight is 163 g/mol. The Morgan fingerprint density at radius 1 is 1.58 bits per heavy atom. The fourth-order valence-corrected chi connectivity index (χ4v) is 1.96. The Labute approximate surface area is 72.6 Å². The van der Waals surface area contributed by atoms with Crippen LogP contribution >= 0.6 is 0 Å². The van der Waals surface area contributed by atoms with Gasteiger partial charge in [0.1, 0.15) is 0 Å². The zero-order chi connectivity index (χ0) is 8.55. The smallest absolute Gasteiger partial charge is 0.223 e. The molecule has 0 spiro atoms. The lowest BCUT2D eigenvalue weighted by Gasteiger charge is -2.22. The molecule has 2 rings (SSSR count). The van der Waals surface area contributed by atoms with Crippen molar-refractivity contribution in [3.63, 3.8) is 0 Å². The summed E-state index contributed by atoms with van der Waals surface area (Å²) in [5.74, 6) is 0.296. The SMILES string of the molecule is C=C1C=CCCN2C(=O)CCC12.